The number of carbonyl (C=O) groups excluding carboxylic acids is 1. The molecule has 0 bridgehead atoms. The molecule has 6 nitrogen and oxygen atoms in total. The van der Waals surface area contributed by atoms with Gasteiger partial charge in [0.05, 0.1) is 23.1 Å². The summed E-state index contributed by atoms with van der Waals surface area (Å²) in [7, 11) is 0. The van der Waals surface area contributed by atoms with Gasteiger partial charge in [-0.05, 0) is 31.2 Å². The third-order valence-electron chi connectivity index (χ3n) is 2.91. The summed E-state index contributed by atoms with van der Waals surface area (Å²) in [6.45, 7) is 1.77. The van der Waals surface area contributed by atoms with Crippen LogP contribution in [-0.2, 0) is 0 Å². The van der Waals surface area contributed by atoms with Gasteiger partial charge in [-0.15, -0.1) is 10.2 Å². The fourth-order valence-electron chi connectivity index (χ4n) is 1.87. The predicted octanol–water partition coefficient (Wildman–Crippen LogP) is 2.42. The van der Waals surface area contributed by atoms with Crippen molar-refractivity contribution in [1.82, 2.24) is 20.0 Å². The lowest BCUT2D eigenvalue weighted by molar-refractivity contribution is 0.102. The van der Waals surface area contributed by atoms with Crippen molar-refractivity contribution >= 4 is 22.4 Å². The third-order valence-corrected chi connectivity index (χ3v) is 3.51. The second kappa shape index (κ2) is 5.41. The van der Waals surface area contributed by atoms with Crippen LogP contribution in [0, 0.1) is 12.7 Å². The first-order valence-corrected chi connectivity index (χ1v) is 6.91. The van der Waals surface area contributed by atoms with Crippen molar-refractivity contribution < 1.29 is 9.18 Å². The SMILES string of the molecule is Cc1c(C(=O)Nc2nncs2)cnn1-c1ccc(F)cc1. The van der Waals surface area contributed by atoms with Gasteiger partial charge >= 0.3 is 0 Å². The average Bonchev–Trinajstić information content (AvgIpc) is 3.09. The van der Waals surface area contributed by atoms with E-state index in [1.54, 1.807) is 23.7 Å². The van der Waals surface area contributed by atoms with Crippen LogP contribution in [0.25, 0.3) is 5.69 Å². The van der Waals surface area contributed by atoms with Crippen LogP contribution in [0.2, 0.25) is 0 Å². The van der Waals surface area contributed by atoms with E-state index in [2.05, 4.69) is 20.6 Å². The Hall–Kier alpha value is -2.61. The van der Waals surface area contributed by atoms with E-state index in [1.807, 2.05) is 0 Å². The van der Waals surface area contributed by atoms with E-state index < -0.39 is 0 Å². The normalized spacial score (nSPS) is 10.6. The van der Waals surface area contributed by atoms with Crippen molar-refractivity contribution in [3.63, 3.8) is 0 Å². The summed E-state index contributed by atoms with van der Waals surface area (Å²) in [5.41, 5.74) is 3.30. The zero-order chi connectivity index (χ0) is 14.8. The first kappa shape index (κ1) is 13.4. The minimum Gasteiger partial charge on any atom is -0.296 e. The molecule has 1 N–H and O–H groups in total. The average molecular weight is 303 g/mol. The first-order chi connectivity index (χ1) is 10.1. The Bertz CT molecular complexity index is 766. The van der Waals surface area contributed by atoms with Crippen LogP contribution in [0.3, 0.4) is 0 Å². The lowest BCUT2D eigenvalue weighted by Gasteiger charge is -2.05. The molecule has 0 saturated heterocycles. The smallest absolute Gasteiger partial charge is 0.260 e. The van der Waals surface area contributed by atoms with Crippen LogP contribution in [0.1, 0.15) is 16.1 Å². The molecule has 1 aromatic carbocycles. The second-order valence-corrected chi connectivity index (χ2v) is 5.06. The monoisotopic (exact) mass is 303 g/mol. The van der Waals surface area contributed by atoms with Crippen molar-refractivity contribution in [1.29, 1.82) is 0 Å². The number of hydrogen-bond donors (Lipinski definition) is 1. The molecule has 3 rings (SSSR count). The lowest BCUT2D eigenvalue weighted by Crippen LogP contribution is -2.13. The van der Waals surface area contributed by atoms with E-state index in [0.717, 1.165) is 0 Å². The maximum absolute atomic E-state index is 12.9. The highest BCUT2D eigenvalue weighted by Crippen LogP contribution is 2.17. The van der Waals surface area contributed by atoms with Crippen LogP contribution in [-0.4, -0.2) is 25.9 Å². The number of carbonyl (C=O) groups is 1. The molecule has 0 fully saturated rings. The maximum atomic E-state index is 12.9. The molecule has 0 aliphatic rings. The van der Waals surface area contributed by atoms with Gasteiger partial charge in [0.25, 0.3) is 5.91 Å². The molecule has 0 aliphatic heterocycles. The fourth-order valence-corrected chi connectivity index (χ4v) is 2.31. The summed E-state index contributed by atoms with van der Waals surface area (Å²) < 4.78 is 14.5. The molecule has 3 aromatic rings. The summed E-state index contributed by atoms with van der Waals surface area (Å²) >= 11 is 1.23. The fraction of sp³-hybridized carbons (Fsp3) is 0.0769. The van der Waals surface area contributed by atoms with Gasteiger partial charge in [-0.25, -0.2) is 9.07 Å². The van der Waals surface area contributed by atoms with Gasteiger partial charge in [-0.1, -0.05) is 11.3 Å². The third kappa shape index (κ3) is 2.65. The molecule has 0 unspecified atom stereocenters. The van der Waals surface area contributed by atoms with Crippen molar-refractivity contribution in [2.75, 3.05) is 5.32 Å². The number of rotatable bonds is 3. The van der Waals surface area contributed by atoms with E-state index in [4.69, 9.17) is 0 Å². The number of aromatic nitrogens is 4. The summed E-state index contributed by atoms with van der Waals surface area (Å²) in [6.07, 6.45) is 1.47. The molecule has 21 heavy (non-hydrogen) atoms. The van der Waals surface area contributed by atoms with E-state index in [-0.39, 0.29) is 11.7 Å². The molecule has 0 atom stereocenters. The van der Waals surface area contributed by atoms with Crippen LogP contribution < -0.4 is 5.32 Å². The van der Waals surface area contributed by atoms with Crippen LogP contribution >= 0.6 is 11.3 Å². The lowest BCUT2D eigenvalue weighted by atomic mass is 10.2. The number of halogens is 1. The van der Waals surface area contributed by atoms with Crippen molar-refractivity contribution in [3.8, 4) is 5.69 Å². The summed E-state index contributed by atoms with van der Waals surface area (Å²) in [5, 5.41) is 14.6. The molecule has 2 heterocycles. The van der Waals surface area contributed by atoms with Gasteiger partial charge in [0.1, 0.15) is 11.3 Å². The quantitative estimate of drug-likeness (QED) is 0.806. The van der Waals surface area contributed by atoms with E-state index in [9.17, 15) is 9.18 Å². The highest BCUT2D eigenvalue weighted by Gasteiger charge is 2.16. The largest absolute Gasteiger partial charge is 0.296 e. The standard InChI is InChI=1S/C13H10FN5OS/c1-8-11(12(20)17-13-18-15-7-21-13)6-16-19(8)10-4-2-9(14)3-5-10/h2-7H,1H3,(H,17,18,20). The molecule has 0 aliphatic carbocycles. The minimum absolute atomic E-state index is 0.308. The summed E-state index contributed by atoms with van der Waals surface area (Å²) in [4.78, 5) is 12.1. The second-order valence-electron chi connectivity index (χ2n) is 4.23. The zero-order valence-electron chi connectivity index (χ0n) is 10.9. The molecule has 0 radical (unpaired) electrons. The molecule has 8 heteroatoms. The highest BCUT2D eigenvalue weighted by molar-refractivity contribution is 7.13. The number of nitrogens with zero attached hydrogens (tertiary/aromatic N) is 4. The van der Waals surface area contributed by atoms with E-state index >= 15 is 0 Å². The molecular weight excluding hydrogens is 293 g/mol. The number of nitrogens with one attached hydrogen (secondary N) is 1. The van der Waals surface area contributed by atoms with Crippen LogP contribution in [0.15, 0.2) is 36.0 Å². The molecular formula is C13H10FN5OS. The van der Waals surface area contributed by atoms with Crippen LogP contribution in [0.5, 0.6) is 0 Å². The Morgan fingerprint density at radius 2 is 2.10 bits per heavy atom. The Balaban J connectivity index is 1.88. The van der Waals surface area contributed by atoms with Gasteiger partial charge < -0.3 is 0 Å². The predicted molar refractivity (Wildman–Crippen MR) is 76.1 cm³/mol. The molecule has 106 valence electrons. The molecule has 0 spiro atoms. The van der Waals surface area contributed by atoms with Gasteiger partial charge in [-0.2, -0.15) is 5.10 Å². The number of anilines is 1. The molecule has 1 amide bonds. The van der Waals surface area contributed by atoms with Crippen molar-refractivity contribution in [3.05, 3.63) is 53.0 Å². The highest BCUT2D eigenvalue weighted by atomic mass is 32.1. The molecule has 0 saturated carbocycles. The van der Waals surface area contributed by atoms with E-state index in [1.165, 1.54) is 35.2 Å². The minimum atomic E-state index is -0.321. The van der Waals surface area contributed by atoms with Gasteiger partial charge in [0.2, 0.25) is 5.13 Å². The number of hydrogen-bond acceptors (Lipinski definition) is 5. The van der Waals surface area contributed by atoms with Gasteiger partial charge in [0.15, 0.2) is 0 Å². The first-order valence-electron chi connectivity index (χ1n) is 6.03. The summed E-state index contributed by atoms with van der Waals surface area (Å²) in [5.74, 6) is -0.629. The molecule has 2 aromatic heterocycles. The Kier molecular flexibility index (Phi) is 3.44. The number of amides is 1. The van der Waals surface area contributed by atoms with Crippen molar-refractivity contribution in [2.24, 2.45) is 0 Å². The Labute approximate surface area is 123 Å². The Morgan fingerprint density at radius 3 is 2.76 bits per heavy atom. The summed E-state index contributed by atoms with van der Waals surface area (Å²) in [6, 6.07) is 5.89. The van der Waals surface area contributed by atoms with Crippen molar-refractivity contribution in [2.45, 2.75) is 6.92 Å². The topological polar surface area (TPSA) is 72.7 Å². The Morgan fingerprint density at radius 1 is 1.33 bits per heavy atom. The number of benzene rings is 1. The van der Waals surface area contributed by atoms with Gasteiger partial charge in [-0.3, -0.25) is 10.1 Å². The van der Waals surface area contributed by atoms with Gasteiger partial charge in [0, 0.05) is 0 Å². The van der Waals surface area contributed by atoms with E-state index in [0.29, 0.717) is 22.1 Å². The maximum Gasteiger partial charge on any atom is 0.260 e. The van der Waals surface area contributed by atoms with Crippen LogP contribution in [0.4, 0.5) is 9.52 Å². The zero-order valence-corrected chi connectivity index (χ0v) is 11.8.